The van der Waals surface area contributed by atoms with Gasteiger partial charge in [0.05, 0.1) is 26.0 Å². The number of nitrogens with zero attached hydrogens (tertiary/aromatic N) is 2. The standard InChI is InChI=1S/C23H23N3O5/c1-14-8-18(15(2)26(14)19-7-5-6-16(9-19)23(28)29)13-24-25-22(27)17-10-20(30-3)12-21(11-17)31-4/h5-13H,1-4H3,(H,25,27)(H,28,29). The monoisotopic (exact) mass is 421 g/mol. The van der Waals surface area contributed by atoms with Crippen LogP contribution in [0.5, 0.6) is 11.5 Å². The molecule has 0 bridgehead atoms. The highest BCUT2D eigenvalue weighted by atomic mass is 16.5. The summed E-state index contributed by atoms with van der Waals surface area (Å²) in [7, 11) is 3.02. The van der Waals surface area contributed by atoms with Crippen LogP contribution in [0.25, 0.3) is 5.69 Å². The van der Waals surface area contributed by atoms with Gasteiger partial charge in [-0.25, -0.2) is 10.2 Å². The number of aryl methyl sites for hydroxylation is 1. The second-order valence-electron chi connectivity index (χ2n) is 6.82. The third-order valence-electron chi connectivity index (χ3n) is 4.80. The molecule has 0 saturated carbocycles. The molecule has 0 radical (unpaired) electrons. The van der Waals surface area contributed by atoms with Crippen LogP contribution in [-0.4, -0.2) is 42.0 Å². The summed E-state index contributed by atoms with van der Waals surface area (Å²) < 4.78 is 12.3. The molecule has 0 unspecified atom stereocenters. The Morgan fingerprint density at radius 1 is 1.00 bits per heavy atom. The van der Waals surface area contributed by atoms with Crippen molar-refractivity contribution >= 4 is 18.1 Å². The number of benzene rings is 2. The number of carboxylic acid groups (broad SMARTS) is 1. The summed E-state index contributed by atoms with van der Waals surface area (Å²) >= 11 is 0. The summed E-state index contributed by atoms with van der Waals surface area (Å²) in [5, 5.41) is 13.3. The van der Waals surface area contributed by atoms with Crippen molar-refractivity contribution in [2.75, 3.05) is 14.2 Å². The first kappa shape index (κ1) is 21.6. The number of nitrogens with one attached hydrogen (secondary N) is 1. The van der Waals surface area contributed by atoms with Gasteiger partial charge < -0.3 is 19.1 Å². The zero-order chi connectivity index (χ0) is 22.5. The molecule has 0 aliphatic heterocycles. The fourth-order valence-electron chi connectivity index (χ4n) is 3.26. The molecule has 0 aliphatic rings. The molecule has 0 spiro atoms. The molecule has 3 aromatic rings. The van der Waals surface area contributed by atoms with Crippen molar-refractivity contribution in [3.8, 4) is 17.2 Å². The van der Waals surface area contributed by atoms with E-state index in [0.29, 0.717) is 17.1 Å². The third-order valence-corrected chi connectivity index (χ3v) is 4.80. The number of aromatic carboxylic acids is 1. The molecule has 1 aromatic heterocycles. The quantitative estimate of drug-likeness (QED) is 0.449. The van der Waals surface area contributed by atoms with Gasteiger partial charge in [-0.2, -0.15) is 5.10 Å². The molecule has 0 atom stereocenters. The van der Waals surface area contributed by atoms with E-state index in [4.69, 9.17) is 9.47 Å². The smallest absolute Gasteiger partial charge is 0.335 e. The lowest BCUT2D eigenvalue weighted by atomic mass is 10.2. The van der Waals surface area contributed by atoms with Crippen molar-refractivity contribution in [1.29, 1.82) is 0 Å². The van der Waals surface area contributed by atoms with Crippen LogP contribution in [-0.2, 0) is 0 Å². The number of amides is 1. The average Bonchev–Trinajstić information content (AvgIpc) is 3.06. The summed E-state index contributed by atoms with van der Waals surface area (Å²) in [6.45, 7) is 3.81. The molecule has 0 saturated heterocycles. The van der Waals surface area contributed by atoms with Gasteiger partial charge in [0.25, 0.3) is 5.91 Å². The third kappa shape index (κ3) is 4.75. The van der Waals surface area contributed by atoms with E-state index in [2.05, 4.69) is 10.5 Å². The van der Waals surface area contributed by atoms with Crippen LogP contribution in [0, 0.1) is 13.8 Å². The molecular weight excluding hydrogens is 398 g/mol. The SMILES string of the molecule is COc1cc(OC)cc(C(=O)NN=Cc2cc(C)n(-c3cccc(C(=O)O)c3)c2C)c1. The molecule has 31 heavy (non-hydrogen) atoms. The van der Waals surface area contributed by atoms with E-state index in [1.165, 1.54) is 14.2 Å². The van der Waals surface area contributed by atoms with Gasteiger partial charge in [-0.3, -0.25) is 4.79 Å². The van der Waals surface area contributed by atoms with E-state index < -0.39 is 11.9 Å². The summed E-state index contributed by atoms with van der Waals surface area (Å²) in [6.07, 6.45) is 1.55. The Hall–Kier alpha value is -4.07. The summed E-state index contributed by atoms with van der Waals surface area (Å²) in [4.78, 5) is 23.7. The van der Waals surface area contributed by atoms with Crippen LogP contribution in [0.2, 0.25) is 0 Å². The summed E-state index contributed by atoms with van der Waals surface area (Å²) in [5.41, 5.74) is 6.36. The maximum atomic E-state index is 12.5. The molecule has 8 heteroatoms. The van der Waals surface area contributed by atoms with Crippen molar-refractivity contribution in [2.45, 2.75) is 13.8 Å². The molecule has 1 amide bonds. The van der Waals surface area contributed by atoms with E-state index >= 15 is 0 Å². The molecule has 0 aliphatic carbocycles. The minimum atomic E-state index is -0.983. The van der Waals surface area contributed by atoms with Crippen LogP contribution in [0.1, 0.15) is 37.7 Å². The second-order valence-corrected chi connectivity index (χ2v) is 6.82. The topological polar surface area (TPSA) is 102 Å². The molecule has 2 N–H and O–H groups in total. The van der Waals surface area contributed by atoms with Gasteiger partial charge in [-0.1, -0.05) is 6.07 Å². The van der Waals surface area contributed by atoms with E-state index in [9.17, 15) is 14.7 Å². The van der Waals surface area contributed by atoms with E-state index in [-0.39, 0.29) is 5.56 Å². The van der Waals surface area contributed by atoms with E-state index in [1.54, 1.807) is 42.6 Å². The van der Waals surface area contributed by atoms with Gasteiger partial charge in [0.15, 0.2) is 0 Å². The van der Waals surface area contributed by atoms with Gasteiger partial charge in [-0.05, 0) is 50.2 Å². The fourth-order valence-corrected chi connectivity index (χ4v) is 3.26. The Morgan fingerprint density at radius 3 is 2.29 bits per heavy atom. The molecule has 2 aromatic carbocycles. The number of carbonyl (C=O) groups excluding carboxylic acids is 1. The Kier molecular flexibility index (Phi) is 6.40. The molecule has 1 heterocycles. The first-order valence-corrected chi connectivity index (χ1v) is 9.43. The highest BCUT2D eigenvalue weighted by Crippen LogP contribution is 2.23. The van der Waals surface area contributed by atoms with Crippen LogP contribution < -0.4 is 14.9 Å². The Bertz CT molecular complexity index is 1140. The molecule has 3 rings (SSSR count). The first-order chi connectivity index (χ1) is 14.8. The number of hydrogen-bond acceptors (Lipinski definition) is 5. The van der Waals surface area contributed by atoms with E-state index in [1.807, 2.05) is 30.5 Å². The van der Waals surface area contributed by atoms with Gasteiger partial charge in [0.1, 0.15) is 11.5 Å². The number of carbonyl (C=O) groups is 2. The predicted molar refractivity (Wildman–Crippen MR) is 117 cm³/mol. The zero-order valence-corrected chi connectivity index (χ0v) is 17.7. The number of aromatic nitrogens is 1. The van der Waals surface area contributed by atoms with Crippen LogP contribution in [0.4, 0.5) is 0 Å². The molecule has 0 fully saturated rings. The zero-order valence-electron chi connectivity index (χ0n) is 17.7. The Morgan fingerprint density at radius 2 is 1.68 bits per heavy atom. The minimum absolute atomic E-state index is 0.209. The maximum absolute atomic E-state index is 12.5. The van der Waals surface area contributed by atoms with E-state index in [0.717, 1.165) is 22.6 Å². The Labute approximate surface area is 179 Å². The Balaban J connectivity index is 1.81. The molecular formula is C23H23N3O5. The molecule has 160 valence electrons. The van der Waals surface area contributed by atoms with Gasteiger partial charge in [0, 0.05) is 34.3 Å². The van der Waals surface area contributed by atoms with Crippen molar-refractivity contribution < 1.29 is 24.2 Å². The van der Waals surface area contributed by atoms with Crippen molar-refractivity contribution in [3.05, 3.63) is 76.6 Å². The van der Waals surface area contributed by atoms with Crippen molar-refractivity contribution in [2.24, 2.45) is 5.10 Å². The van der Waals surface area contributed by atoms with Crippen LogP contribution in [0.3, 0.4) is 0 Å². The number of methoxy groups -OCH3 is 2. The van der Waals surface area contributed by atoms with Crippen LogP contribution in [0.15, 0.2) is 53.6 Å². The average molecular weight is 421 g/mol. The number of rotatable bonds is 7. The number of carboxylic acids is 1. The van der Waals surface area contributed by atoms with Crippen molar-refractivity contribution in [3.63, 3.8) is 0 Å². The highest BCUT2D eigenvalue weighted by molar-refractivity contribution is 5.96. The van der Waals surface area contributed by atoms with Gasteiger partial charge in [-0.15, -0.1) is 0 Å². The number of hydrazone groups is 1. The van der Waals surface area contributed by atoms with Crippen molar-refractivity contribution in [1.82, 2.24) is 9.99 Å². The summed E-state index contributed by atoms with van der Waals surface area (Å²) in [6, 6.07) is 13.5. The lowest BCUT2D eigenvalue weighted by molar-refractivity contribution is 0.0696. The lowest BCUT2D eigenvalue weighted by Crippen LogP contribution is -2.17. The second kappa shape index (κ2) is 9.17. The van der Waals surface area contributed by atoms with Crippen LogP contribution >= 0.6 is 0 Å². The summed E-state index contributed by atoms with van der Waals surface area (Å²) in [5.74, 6) is -0.388. The molecule has 8 nitrogen and oxygen atoms in total. The lowest BCUT2D eigenvalue weighted by Gasteiger charge is -2.10. The number of ether oxygens (including phenoxy) is 2. The predicted octanol–water partition coefficient (Wildman–Crippen LogP) is 3.57. The van der Waals surface area contributed by atoms with Gasteiger partial charge >= 0.3 is 5.97 Å². The maximum Gasteiger partial charge on any atom is 0.335 e. The fraction of sp³-hybridized carbons (Fsp3) is 0.174. The highest BCUT2D eigenvalue weighted by Gasteiger charge is 2.12. The first-order valence-electron chi connectivity index (χ1n) is 9.43. The number of hydrogen-bond donors (Lipinski definition) is 2. The largest absolute Gasteiger partial charge is 0.497 e. The minimum Gasteiger partial charge on any atom is -0.497 e. The van der Waals surface area contributed by atoms with Gasteiger partial charge in [0.2, 0.25) is 0 Å². The normalized spacial score (nSPS) is 10.8.